The van der Waals surface area contributed by atoms with Gasteiger partial charge in [-0.1, -0.05) is 42.5 Å². The van der Waals surface area contributed by atoms with Crippen LogP contribution in [0.4, 0.5) is 8.78 Å². The summed E-state index contributed by atoms with van der Waals surface area (Å²) >= 11 is 1.38. The van der Waals surface area contributed by atoms with E-state index in [1.165, 1.54) is 23.5 Å². The summed E-state index contributed by atoms with van der Waals surface area (Å²) in [5.74, 6) is -0.0727. The Morgan fingerprint density at radius 3 is 2.44 bits per heavy atom. The maximum absolute atomic E-state index is 12.5. The minimum atomic E-state index is -2.85. The topological polar surface area (TPSA) is 38.3 Å². The molecule has 0 spiro atoms. The molecule has 0 aliphatic heterocycles. The Morgan fingerprint density at radius 2 is 1.76 bits per heavy atom. The van der Waals surface area contributed by atoms with Crippen molar-refractivity contribution >= 4 is 17.2 Å². The lowest BCUT2D eigenvalue weighted by atomic mass is 10.1. The first-order valence-electron chi connectivity index (χ1n) is 7.58. The Kier molecular flexibility index (Phi) is 5.40. The summed E-state index contributed by atoms with van der Waals surface area (Å²) in [7, 11) is 0. The summed E-state index contributed by atoms with van der Waals surface area (Å²) in [6, 6.07) is 17.8. The van der Waals surface area contributed by atoms with Crippen molar-refractivity contribution in [3.8, 4) is 16.9 Å². The molecule has 0 aliphatic carbocycles. The van der Waals surface area contributed by atoms with Crippen LogP contribution in [0.5, 0.6) is 5.75 Å². The molecule has 1 heterocycles. The van der Waals surface area contributed by atoms with Crippen LogP contribution in [0.2, 0.25) is 0 Å². The predicted octanol–water partition coefficient (Wildman–Crippen LogP) is 4.95. The van der Waals surface area contributed by atoms with Crippen molar-refractivity contribution < 1.29 is 18.3 Å². The number of hydrogen-bond acceptors (Lipinski definition) is 3. The molecule has 3 aromatic rings. The maximum Gasteiger partial charge on any atom is 0.387 e. The summed E-state index contributed by atoms with van der Waals surface area (Å²) in [4.78, 5) is 13.1. The zero-order valence-electron chi connectivity index (χ0n) is 13.1. The van der Waals surface area contributed by atoms with Gasteiger partial charge in [0.1, 0.15) is 5.75 Å². The van der Waals surface area contributed by atoms with E-state index < -0.39 is 6.61 Å². The Balaban J connectivity index is 1.65. The van der Waals surface area contributed by atoms with Gasteiger partial charge >= 0.3 is 6.61 Å². The number of benzene rings is 2. The zero-order valence-corrected chi connectivity index (χ0v) is 13.9. The average Bonchev–Trinajstić information content (AvgIpc) is 3.11. The van der Waals surface area contributed by atoms with Gasteiger partial charge in [0, 0.05) is 12.1 Å². The molecule has 1 N–H and O–H groups in total. The lowest BCUT2D eigenvalue weighted by Gasteiger charge is -2.08. The molecule has 25 heavy (non-hydrogen) atoms. The Labute approximate surface area is 147 Å². The second-order valence-corrected chi connectivity index (χ2v) is 6.15. The van der Waals surface area contributed by atoms with Crippen LogP contribution in [0.15, 0.2) is 66.0 Å². The van der Waals surface area contributed by atoms with Crippen LogP contribution in [0.25, 0.3) is 11.1 Å². The van der Waals surface area contributed by atoms with E-state index in [0.29, 0.717) is 11.4 Å². The average molecular weight is 359 g/mol. The fraction of sp³-hybridized carbons (Fsp3) is 0.105. The molecule has 1 amide bonds. The first kappa shape index (κ1) is 17.1. The van der Waals surface area contributed by atoms with E-state index in [1.807, 2.05) is 41.8 Å². The summed E-state index contributed by atoms with van der Waals surface area (Å²) in [5, 5.41) is 4.74. The SMILES string of the molecule is O=C(NCc1ccc(OC(F)F)cc1)c1sccc1-c1ccccc1. The van der Waals surface area contributed by atoms with Gasteiger partial charge in [-0.3, -0.25) is 4.79 Å². The number of hydrogen-bond donors (Lipinski definition) is 1. The molecule has 0 fully saturated rings. The number of amides is 1. The Morgan fingerprint density at radius 1 is 1.04 bits per heavy atom. The molecule has 3 nitrogen and oxygen atoms in total. The molecule has 2 aromatic carbocycles. The first-order chi connectivity index (χ1) is 12.1. The van der Waals surface area contributed by atoms with Gasteiger partial charge < -0.3 is 10.1 Å². The molecule has 0 aliphatic rings. The Bertz CT molecular complexity index is 832. The summed E-state index contributed by atoms with van der Waals surface area (Å²) in [6.07, 6.45) is 0. The highest BCUT2D eigenvalue weighted by molar-refractivity contribution is 7.12. The zero-order chi connectivity index (χ0) is 17.6. The standard InChI is InChI=1S/C19H15F2NO2S/c20-19(21)24-15-8-6-13(7-9-15)12-22-18(23)17-16(10-11-25-17)14-4-2-1-3-5-14/h1-11,19H,12H2,(H,22,23). The van der Waals surface area contributed by atoms with Gasteiger partial charge in [0.25, 0.3) is 5.91 Å². The minimum Gasteiger partial charge on any atom is -0.435 e. The maximum atomic E-state index is 12.5. The third kappa shape index (κ3) is 4.42. The molecular formula is C19H15F2NO2S. The fourth-order valence-electron chi connectivity index (χ4n) is 2.38. The van der Waals surface area contributed by atoms with Crippen molar-refractivity contribution in [2.75, 3.05) is 0 Å². The van der Waals surface area contributed by atoms with Crippen LogP contribution in [-0.2, 0) is 6.54 Å². The Hall–Kier alpha value is -2.73. The quantitative estimate of drug-likeness (QED) is 0.676. The summed E-state index contributed by atoms with van der Waals surface area (Å²) in [5.41, 5.74) is 2.68. The number of thiophene rings is 1. The van der Waals surface area contributed by atoms with Crippen LogP contribution in [-0.4, -0.2) is 12.5 Å². The number of rotatable bonds is 6. The van der Waals surface area contributed by atoms with E-state index in [9.17, 15) is 13.6 Å². The van der Waals surface area contributed by atoms with Gasteiger partial charge in [-0.25, -0.2) is 0 Å². The van der Waals surface area contributed by atoms with E-state index >= 15 is 0 Å². The molecular weight excluding hydrogens is 344 g/mol. The largest absolute Gasteiger partial charge is 0.435 e. The molecule has 3 rings (SSSR count). The van der Waals surface area contributed by atoms with Crippen molar-refractivity contribution in [2.24, 2.45) is 0 Å². The summed E-state index contributed by atoms with van der Waals surface area (Å²) in [6.45, 7) is -2.54. The number of nitrogens with one attached hydrogen (secondary N) is 1. The molecule has 0 atom stereocenters. The number of alkyl halides is 2. The van der Waals surface area contributed by atoms with Crippen LogP contribution in [0.1, 0.15) is 15.2 Å². The predicted molar refractivity (Wildman–Crippen MR) is 94.0 cm³/mol. The number of carbonyl (C=O) groups is 1. The second kappa shape index (κ2) is 7.90. The van der Waals surface area contributed by atoms with Crippen molar-refractivity contribution in [3.63, 3.8) is 0 Å². The molecule has 6 heteroatoms. The minimum absolute atomic E-state index is 0.0923. The van der Waals surface area contributed by atoms with Gasteiger partial charge in [-0.15, -0.1) is 11.3 Å². The molecule has 0 saturated heterocycles. The fourth-order valence-corrected chi connectivity index (χ4v) is 3.21. The second-order valence-electron chi connectivity index (χ2n) is 5.23. The first-order valence-corrected chi connectivity index (χ1v) is 8.46. The summed E-state index contributed by atoms with van der Waals surface area (Å²) < 4.78 is 28.6. The van der Waals surface area contributed by atoms with Gasteiger partial charge in [0.05, 0.1) is 4.88 Å². The van der Waals surface area contributed by atoms with Crippen molar-refractivity contribution in [1.29, 1.82) is 0 Å². The molecule has 1 aromatic heterocycles. The van der Waals surface area contributed by atoms with E-state index in [0.717, 1.165) is 16.7 Å². The van der Waals surface area contributed by atoms with E-state index in [4.69, 9.17) is 0 Å². The van der Waals surface area contributed by atoms with Gasteiger partial charge in [-0.05, 0) is 34.7 Å². The molecule has 128 valence electrons. The number of ether oxygens (including phenoxy) is 1. The van der Waals surface area contributed by atoms with Crippen LogP contribution in [0, 0.1) is 0 Å². The van der Waals surface area contributed by atoms with Crippen molar-refractivity contribution in [2.45, 2.75) is 13.2 Å². The highest BCUT2D eigenvalue weighted by Crippen LogP contribution is 2.28. The third-order valence-electron chi connectivity index (χ3n) is 3.56. The number of carbonyl (C=O) groups excluding carboxylic acids is 1. The molecule has 0 saturated carbocycles. The van der Waals surface area contributed by atoms with Crippen LogP contribution >= 0.6 is 11.3 Å². The molecule has 0 radical (unpaired) electrons. The smallest absolute Gasteiger partial charge is 0.387 e. The van der Waals surface area contributed by atoms with E-state index in [-0.39, 0.29) is 11.7 Å². The lowest BCUT2D eigenvalue weighted by Crippen LogP contribution is -2.22. The van der Waals surface area contributed by atoms with E-state index in [1.54, 1.807) is 12.1 Å². The van der Waals surface area contributed by atoms with Gasteiger partial charge in [-0.2, -0.15) is 8.78 Å². The highest BCUT2D eigenvalue weighted by atomic mass is 32.1. The lowest BCUT2D eigenvalue weighted by molar-refractivity contribution is -0.0498. The van der Waals surface area contributed by atoms with E-state index in [2.05, 4.69) is 10.1 Å². The normalized spacial score (nSPS) is 10.7. The van der Waals surface area contributed by atoms with Crippen molar-refractivity contribution in [1.82, 2.24) is 5.32 Å². The van der Waals surface area contributed by atoms with Gasteiger partial charge in [0.2, 0.25) is 0 Å². The van der Waals surface area contributed by atoms with Gasteiger partial charge in [0.15, 0.2) is 0 Å². The third-order valence-corrected chi connectivity index (χ3v) is 4.47. The molecule has 0 bridgehead atoms. The van der Waals surface area contributed by atoms with Crippen molar-refractivity contribution in [3.05, 3.63) is 76.5 Å². The molecule has 0 unspecified atom stereocenters. The van der Waals surface area contributed by atoms with Crippen LogP contribution in [0.3, 0.4) is 0 Å². The van der Waals surface area contributed by atoms with Crippen LogP contribution < -0.4 is 10.1 Å². The highest BCUT2D eigenvalue weighted by Gasteiger charge is 2.14. The monoisotopic (exact) mass is 359 g/mol. The number of halogens is 2.